The van der Waals surface area contributed by atoms with Crippen molar-refractivity contribution in [2.45, 2.75) is 31.3 Å². The van der Waals surface area contributed by atoms with Crippen LogP contribution in [0.1, 0.15) is 20.3 Å². The van der Waals surface area contributed by atoms with Crippen molar-refractivity contribution < 1.29 is 18.7 Å². The molecule has 0 amide bonds. The maximum Gasteiger partial charge on any atom is 0.319 e. The standard InChI is InChI=1S/C12H15NO5S/c1-3-9(2)18-12(14)8-19(17)11-7-5-4-6-10(11)13(15)16/h4-7,9H,3,8H2,1-2H3. The summed E-state index contributed by atoms with van der Waals surface area (Å²) in [5, 5.41) is 10.8. The summed E-state index contributed by atoms with van der Waals surface area (Å²) in [4.78, 5) is 21.7. The van der Waals surface area contributed by atoms with Gasteiger partial charge in [0.1, 0.15) is 10.6 Å². The molecular weight excluding hydrogens is 270 g/mol. The van der Waals surface area contributed by atoms with Gasteiger partial charge in [0.25, 0.3) is 5.69 Å². The number of nitro groups is 1. The summed E-state index contributed by atoms with van der Waals surface area (Å²) in [5.74, 6) is -0.999. The second-order valence-electron chi connectivity index (χ2n) is 3.92. The van der Waals surface area contributed by atoms with Crippen molar-refractivity contribution >= 4 is 22.5 Å². The Bertz CT molecular complexity index is 503. The van der Waals surface area contributed by atoms with Crippen molar-refractivity contribution in [2.75, 3.05) is 5.75 Å². The monoisotopic (exact) mass is 285 g/mol. The van der Waals surface area contributed by atoms with Crippen LogP contribution in [0.15, 0.2) is 29.2 Å². The van der Waals surface area contributed by atoms with Gasteiger partial charge in [0.05, 0.1) is 21.8 Å². The highest BCUT2D eigenvalue weighted by atomic mass is 32.2. The van der Waals surface area contributed by atoms with Crippen LogP contribution in [-0.4, -0.2) is 27.0 Å². The average Bonchev–Trinajstić information content (AvgIpc) is 2.38. The number of rotatable bonds is 6. The Labute approximate surface area is 113 Å². The molecule has 0 heterocycles. The smallest absolute Gasteiger partial charge is 0.319 e. The molecule has 0 saturated carbocycles. The molecule has 0 bridgehead atoms. The number of nitro benzene ring substituents is 1. The fraction of sp³-hybridized carbons (Fsp3) is 0.417. The van der Waals surface area contributed by atoms with Crippen LogP contribution in [0.25, 0.3) is 0 Å². The summed E-state index contributed by atoms with van der Waals surface area (Å²) in [5.41, 5.74) is -0.253. The van der Waals surface area contributed by atoms with Gasteiger partial charge < -0.3 is 4.74 Å². The second-order valence-corrected chi connectivity index (χ2v) is 5.34. The number of para-hydroxylation sites is 1. The highest BCUT2D eigenvalue weighted by Gasteiger charge is 2.21. The van der Waals surface area contributed by atoms with E-state index in [0.717, 1.165) is 0 Å². The molecule has 2 unspecified atom stereocenters. The number of hydrogen-bond acceptors (Lipinski definition) is 5. The minimum atomic E-state index is -1.78. The predicted octanol–water partition coefficient (Wildman–Crippen LogP) is 2.04. The molecule has 0 aromatic heterocycles. The van der Waals surface area contributed by atoms with E-state index in [1.807, 2.05) is 6.92 Å². The third-order valence-corrected chi connectivity index (χ3v) is 3.80. The number of carbonyl (C=O) groups excluding carboxylic acids is 1. The topological polar surface area (TPSA) is 86.5 Å². The minimum absolute atomic E-state index is 0.0357. The lowest BCUT2D eigenvalue weighted by Gasteiger charge is -2.10. The molecule has 19 heavy (non-hydrogen) atoms. The molecule has 0 aliphatic rings. The molecule has 6 nitrogen and oxygen atoms in total. The fourth-order valence-corrected chi connectivity index (χ4v) is 2.37. The van der Waals surface area contributed by atoms with Gasteiger partial charge in [0, 0.05) is 6.07 Å². The lowest BCUT2D eigenvalue weighted by Crippen LogP contribution is -2.20. The number of hydrogen-bond donors (Lipinski definition) is 0. The summed E-state index contributed by atoms with van der Waals surface area (Å²) in [7, 11) is -1.78. The van der Waals surface area contributed by atoms with Crippen LogP contribution < -0.4 is 0 Å². The Morgan fingerprint density at radius 1 is 1.47 bits per heavy atom. The number of nitrogens with zero attached hydrogens (tertiary/aromatic N) is 1. The third-order valence-electron chi connectivity index (χ3n) is 2.46. The van der Waals surface area contributed by atoms with Gasteiger partial charge in [-0.1, -0.05) is 19.1 Å². The normalized spacial score (nSPS) is 13.6. The van der Waals surface area contributed by atoms with E-state index in [4.69, 9.17) is 4.74 Å². The molecule has 1 rings (SSSR count). The van der Waals surface area contributed by atoms with Gasteiger partial charge in [0.2, 0.25) is 0 Å². The van der Waals surface area contributed by atoms with Crippen LogP contribution >= 0.6 is 0 Å². The fourth-order valence-electron chi connectivity index (χ4n) is 1.33. The molecule has 1 aromatic carbocycles. The van der Waals surface area contributed by atoms with Crippen LogP contribution in [0, 0.1) is 10.1 Å². The first-order valence-corrected chi connectivity index (χ1v) is 7.08. The molecule has 0 N–H and O–H groups in total. The highest BCUT2D eigenvalue weighted by molar-refractivity contribution is 7.85. The van der Waals surface area contributed by atoms with Crippen molar-refractivity contribution in [1.82, 2.24) is 0 Å². The number of carbonyl (C=O) groups is 1. The van der Waals surface area contributed by atoms with Crippen LogP contribution in [0.2, 0.25) is 0 Å². The minimum Gasteiger partial charge on any atom is -0.462 e. The lowest BCUT2D eigenvalue weighted by molar-refractivity contribution is -0.387. The lowest BCUT2D eigenvalue weighted by atomic mass is 10.3. The molecule has 2 atom stereocenters. The molecule has 0 radical (unpaired) electrons. The van der Waals surface area contributed by atoms with Crippen LogP contribution in [-0.2, 0) is 20.3 Å². The zero-order chi connectivity index (χ0) is 14.4. The molecule has 1 aromatic rings. The Kier molecular flexibility index (Phi) is 5.62. The molecule has 0 aliphatic carbocycles. The van der Waals surface area contributed by atoms with E-state index in [0.29, 0.717) is 6.42 Å². The van der Waals surface area contributed by atoms with E-state index in [2.05, 4.69) is 0 Å². The van der Waals surface area contributed by atoms with Crippen LogP contribution in [0.3, 0.4) is 0 Å². The summed E-state index contributed by atoms with van der Waals surface area (Å²) in [6.45, 7) is 3.59. The molecule has 104 valence electrons. The quantitative estimate of drug-likeness (QED) is 0.453. The van der Waals surface area contributed by atoms with Crippen molar-refractivity contribution in [2.24, 2.45) is 0 Å². The highest BCUT2D eigenvalue weighted by Crippen LogP contribution is 2.21. The Balaban J connectivity index is 2.79. The first-order valence-electron chi connectivity index (χ1n) is 5.77. The van der Waals surface area contributed by atoms with Crippen molar-refractivity contribution in [1.29, 1.82) is 0 Å². The van der Waals surface area contributed by atoms with Gasteiger partial charge in [0.15, 0.2) is 0 Å². The van der Waals surface area contributed by atoms with Gasteiger partial charge in [-0.2, -0.15) is 0 Å². The van der Waals surface area contributed by atoms with Gasteiger partial charge in [-0.3, -0.25) is 19.1 Å². The zero-order valence-electron chi connectivity index (χ0n) is 10.7. The van der Waals surface area contributed by atoms with E-state index >= 15 is 0 Å². The van der Waals surface area contributed by atoms with E-state index in [9.17, 15) is 19.1 Å². The molecule has 0 fully saturated rings. The van der Waals surface area contributed by atoms with E-state index in [-0.39, 0.29) is 22.4 Å². The number of ether oxygens (including phenoxy) is 1. The SMILES string of the molecule is CCC(C)OC(=O)CS(=O)c1ccccc1[N+](=O)[O-]. The Hall–Kier alpha value is -1.76. The van der Waals surface area contributed by atoms with E-state index < -0.39 is 21.7 Å². The number of esters is 1. The van der Waals surface area contributed by atoms with Gasteiger partial charge >= 0.3 is 5.97 Å². The largest absolute Gasteiger partial charge is 0.462 e. The third kappa shape index (κ3) is 4.44. The molecule has 0 aliphatic heterocycles. The van der Waals surface area contributed by atoms with Crippen molar-refractivity contribution in [3.05, 3.63) is 34.4 Å². The number of benzene rings is 1. The van der Waals surface area contributed by atoms with Crippen LogP contribution in [0.4, 0.5) is 5.69 Å². The van der Waals surface area contributed by atoms with Gasteiger partial charge in [-0.25, -0.2) is 0 Å². The zero-order valence-corrected chi connectivity index (χ0v) is 11.5. The van der Waals surface area contributed by atoms with Gasteiger partial charge in [-0.05, 0) is 19.4 Å². The van der Waals surface area contributed by atoms with Crippen molar-refractivity contribution in [3.63, 3.8) is 0 Å². The average molecular weight is 285 g/mol. The Morgan fingerprint density at radius 2 is 2.11 bits per heavy atom. The summed E-state index contributed by atoms with van der Waals surface area (Å²) in [6, 6.07) is 5.66. The van der Waals surface area contributed by atoms with Crippen molar-refractivity contribution in [3.8, 4) is 0 Å². The molecule has 0 saturated heterocycles. The second kappa shape index (κ2) is 6.98. The molecular formula is C12H15NO5S. The maximum absolute atomic E-state index is 12.0. The van der Waals surface area contributed by atoms with Crippen LogP contribution in [0.5, 0.6) is 0 Å². The summed E-state index contributed by atoms with van der Waals surface area (Å²) < 4.78 is 16.9. The van der Waals surface area contributed by atoms with E-state index in [1.54, 1.807) is 13.0 Å². The first kappa shape index (κ1) is 15.3. The molecule has 0 spiro atoms. The van der Waals surface area contributed by atoms with Gasteiger partial charge in [-0.15, -0.1) is 0 Å². The maximum atomic E-state index is 12.0. The van der Waals surface area contributed by atoms with E-state index in [1.165, 1.54) is 18.2 Å². The summed E-state index contributed by atoms with van der Waals surface area (Å²) in [6.07, 6.45) is 0.402. The summed E-state index contributed by atoms with van der Waals surface area (Å²) >= 11 is 0. The first-order chi connectivity index (χ1) is 8.95. The Morgan fingerprint density at radius 3 is 2.68 bits per heavy atom. The molecule has 7 heteroatoms. The predicted molar refractivity (Wildman–Crippen MR) is 70.2 cm³/mol.